The molecule has 2 saturated heterocycles. The highest BCUT2D eigenvalue weighted by Crippen LogP contribution is 2.34. The van der Waals surface area contributed by atoms with Crippen LogP contribution in [0.5, 0.6) is 0 Å². The predicted octanol–water partition coefficient (Wildman–Crippen LogP) is 1.21. The van der Waals surface area contributed by atoms with Crippen LogP contribution in [-0.4, -0.2) is 125 Å². The minimum atomic E-state index is -1.67. The van der Waals surface area contributed by atoms with E-state index in [-0.39, 0.29) is 24.9 Å². The fraction of sp³-hybridized carbons (Fsp3) is 0.750. The van der Waals surface area contributed by atoms with E-state index in [4.69, 9.17) is 33.2 Å². The third-order valence-electron chi connectivity index (χ3n) is 8.82. The molecule has 7 unspecified atom stereocenters. The number of carbonyl (C=O) groups is 2. The van der Waals surface area contributed by atoms with E-state index in [1.54, 1.807) is 30.3 Å². The number of carboxylic acid groups (broad SMARTS) is 1. The number of aliphatic hydroxyl groups is 4. The molecule has 14 heteroatoms. The van der Waals surface area contributed by atoms with Gasteiger partial charge in [-0.25, -0.2) is 9.59 Å². The summed E-state index contributed by atoms with van der Waals surface area (Å²) in [7, 11) is 0. The molecule has 260 valence electrons. The second-order valence-electron chi connectivity index (χ2n) is 12.4. The zero-order valence-corrected chi connectivity index (χ0v) is 26.5. The normalized spacial score (nSPS) is 35.8. The van der Waals surface area contributed by atoms with Crippen LogP contribution in [0.25, 0.3) is 0 Å². The fourth-order valence-corrected chi connectivity index (χ4v) is 5.75. The summed E-state index contributed by atoms with van der Waals surface area (Å²) in [6.07, 6.45) is -11.2. The number of rotatable bonds is 11. The summed E-state index contributed by atoms with van der Waals surface area (Å²) in [4.78, 5) is 24.7. The van der Waals surface area contributed by atoms with Crippen LogP contribution in [0.2, 0.25) is 0 Å². The highest BCUT2D eigenvalue weighted by atomic mass is 16.8. The third-order valence-corrected chi connectivity index (χ3v) is 8.82. The number of hydrogen-bond donors (Lipinski definition) is 5. The zero-order valence-electron chi connectivity index (χ0n) is 26.5. The van der Waals surface area contributed by atoms with E-state index >= 15 is 0 Å². The number of esters is 1. The van der Waals surface area contributed by atoms with E-state index in [1.165, 1.54) is 0 Å². The van der Waals surface area contributed by atoms with E-state index in [9.17, 15) is 35.1 Å². The van der Waals surface area contributed by atoms with Gasteiger partial charge in [0, 0.05) is 0 Å². The summed E-state index contributed by atoms with van der Waals surface area (Å²) >= 11 is 0. The molecule has 0 radical (unpaired) electrons. The van der Waals surface area contributed by atoms with Crippen molar-refractivity contribution in [3.05, 3.63) is 35.9 Å². The molecule has 0 spiro atoms. The molecule has 2 aliphatic heterocycles. The average Bonchev–Trinajstić information content (AvgIpc) is 3.04. The number of hydrogen-bond acceptors (Lipinski definition) is 13. The van der Waals surface area contributed by atoms with Crippen LogP contribution < -0.4 is 0 Å². The molecule has 0 amide bonds. The van der Waals surface area contributed by atoms with Gasteiger partial charge in [0.15, 0.2) is 25.0 Å². The van der Waals surface area contributed by atoms with Gasteiger partial charge in [-0.1, -0.05) is 51.8 Å². The van der Waals surface area contributed by atoms with Gasteiger partial charge in [0.2, 0.25) is 0 Å². The first-order chi connectivity index (χ1) is 22.0. The van der Waals surface area contributed by atoms with Gasteiger partial charge < -0.3 is 58.7 Å². The molecular weight excluding hydrogens is 608 g/mol. The number of aliphatic carboxylic acids is 1. The standard InChI is InChI=1S/C32H48O14/c1-4-17(2)13-22(29(37)38)40-14-20(33)23-15-42-31-26(35)25(34)27(36)32(46-31)45-28-18(3)9-8-12-21(28)43-24(44-23)16-41-30(39)19-10-6-5-7-11-19/h5-7,10-11,17-18,20-28,31-36H,4,8-9,12-16H2,1-3H3,(H,37,38)/t17-,18?,20?,21+,22-,23?,24+,25?,26-,27?,28?,31?,32+/m0/s1. The third kappa shape index (κ3) is 9.66. The van der Waals surface area contributed by atoms with Crippen LogP contribution in [0.15, 0.2) is 30.3 Å². The number of ether oxygens (including phenoxy) is 7. The maximum atomic E-state index is 12.8. The summed E-state index contributed by atoms with van der Waals surface area (Å²) < 4.78 is 41.3. The molecule has 1 aliphatic carbocycles. The Hall–Kier alpha value is -2.24. The molecule has 0 aromatic heterocycles. The second kappa shape index (κ2) is 17.2. The molecule has 13 atom stereocenters. The van der Waals surface area contributed by atoms with Crippen LogP contribution >= 0.6 is 0 Å². The number of benzene rings is 1. The van der Waals surface area contributed by atoms with E-state index in [0.29, 0.717) is 12.0 Å². The minimum absolute atomic E-state index is 0.0592. The predicted molar refractivity (Wildman–Crippen MR) is 158 cm³/mol. The number of aliphatic hydroxyl groups excluding tert-OH is 4. The van der Waals surface area contributed by atoms with Crippen LogP contribution in [0.4, 0.5) is 0 Å². The second-order valence-corrected chi connectivity index (χ2v) is 12.4. The van der Waals surface area contributed by atoms with Gasteiger partial charge in [0.1, 0.15) is 37.1 Å². The number of carbonyl (C=O) groups excluding carboxylic acids is 1. The Morgan fingerprint density at radius 3 is 2.39 bits per heavy atom. The van der Waals surface area contributed by atoms with Gasteiger partial charge >= 0.3 is 11.9 Å². The molecule has 14 nitrogen and oxygen atoms in total. The summed E-state index contributed by atoms with van der Waals surface area (Å²) in [5.41, 5.74) is 0.309. The molecule has 1 saturated carbocycles. The molecule has 1 aromatic rings. The lowest BCUT2D eigenvalue weighted by Crippen LogP contribution is -2.61. The molecular formula is C32H48O14. The summed E-state index contributed by atoms with van der Waals surface area (Å²) in [5.74, 6) is -1.82. The van der Waals surface area contributed by atoms with Gasteiger partial charge in [-0.15, -0.1) is 0 Å². The van der Waals surface area contributed by atoms with E-state index in [2.05, 4.69) is 0 Å². The van der Waals surface area contributed by atoms with Crippen molar-refractivity contribution in [1.29, 1.82) is 0 Å². The lowest BCUT2D eigenvalue weighted by Gasteiger charge is -2.45. The van der Waals surface area contributed by atoms with Crippen molar-refractivity contribution in [1.82, 2.24) is 0 Å². The quantitative estimate of drug-likeness (QED) is 0.213. The van der Waals surface area contributed by atoms with Gasteiger partial charge in [0.05, 0.1) is 31.0 Å². The monoisotopic (exact) mass is 656 g/mol. The smallest absolute Gasteiger partial charge is 0.338 e. The minimum Gasteiger partial charge on any atom is -0.479 e. The van der Waals surface area contributed by atoms with Crippen molar-refractivity contribution in [3.8, 4) is 0 Å². The Morgan fingerprint density at radius 1 is 0.978 bits per heavy atom. The van der Waals surface area contributed by atoms with E-state index in [0.717, 1.165) is 19.3 Å². The Kier molecular flexibility index (Phi) is 13.7. The molecule has 3 fully saturated rings. The molecule has 46 heavy (non-hydrogen) atoms. The first kappa shape index (κ1) is 36.6. The highest BCUT2D eigenvalue weighted by molar-refractivity contribution is 5.89. The molecule has 2 heterocycles. The molecule has 2 bridgehead atoms. The maximum absolute atomic E-state index is 12.8. The SMILES string of the molecule is CC[C@H](C)C[C@H](OCC(O)C1COC2O[C@@H](OC3C(C)CCC[C@H]3O[C@@H](COC(=O)c3ccccc3)O1)C(O)C(O)[C@@H]2O)C(=O)O. The number of carboxylic acids is 1. The van der Waals surface area contributed by atoms with Crippen molar-refractivity contribution in [2.75, 3.05) is 19.8 Å². The van der Waals surface area contributed by atoms with Crippen molar-refractivity contribution in [2.45, 2.75) is 121 Å². The first-order valence-electron chi connectivity index (χ1n) is 16.0. The van der Waals surface area contributed by atoms with Crippen LogP contribution in [0, 0.1) is 11.8 Å². The van der Waals surface area contributed by atoms with Gasteiger partial charge in [0.25, 0.3) is 0 Å². The zero-order chi connectivity index (χ0) is 33.4. The Labute approximate surface area is 268 Å². The summed E-state index contributed by atoms with van der Waals surface area (Å²) in [6, 6.07) is 8.34. The molecule has 1 aromatic carbocycles. The topological polar surface area (TPSA) is 200 Å². The van der Waals surface area contributed by atoms with Crippen molar-refractivity contribution in [2.24, 2.45) is 11.8 Å². The maximum Gasteiger partial charge on any atom is 0.338 e. The van der Waals surface area contributed by atoms with Crippen LogP contribution in [0.3, 0.4) is 0 Å². The lowest BCUT2D eigenvalue weighted by atomic mass is 9.85. The number of fused-ring (bicyclic) bond motifs is 3. The van der Waals surface area contributed by atoms with Gasteiger partial charge in [-0.3, -0.25) is 0 Å². The van der Waals surface area contributed by atoms with Gasteiger partial charge in [-0.2, -0.15) is 0 Å². The van der Waals surface area contributed by atoms with Crippen molar-refractivity contribution >= 4 is 11.9 Å². The fourth-order valence-electron chi connectivity index (χ4n) is 5.75. The van der Waals surface area contributed by atoms with Crippen molar-refractivity contribution < 1.29 is 68.3 Å². The van der Waals surface area contributed by atoms with Crippen LogP contribution in [-0.2, 0) is 38.0 Å². The first-order valence-corrected chi connectivity index (χ1v) is 16.0. The molecule has 5 N–H and O–H groups in total. The Bertz CT molecular complexity index is 1090. The average molecular weight is 657 g/mol. The van der Waals surface area contributed by atoms with Crippen molar-refractivity contribution in [3.63, 3.8) is 0 Å². The van der Waals surface area contributed by atoms with E-state index in [1.807, 2.05) is 20.8 Å². The molecule has 4 rings (SSSR count). The Morgan fingerprint density at radius 2 is 1.70 bits per heavy atom. The lowest BCUT2D eigenvalue weighted by molar-refractivity contribution is -0.379. The van der Waals surface area contributed by atoms with Gasteiger partial charge in [-0.05, 0) is 43.2 Å². The van der Waals surface area contributed by atoms with E-state index < -0.39 is 92.9 Å². The largest absolute Gasteiger partial charge is 0.479 e. The Balaban J connectivity index is 1.59. The molecule has 3 aliphatic rings. The van der Waals surface area contributed by atoms with Crippen LogP contribution in [0.1, 0.15) is 63.2 Å². The summed E-state index contributed by atoms with van der Waals surface area (Å²) in [6.45, 7) is 4.48. The highest BCUT2D eigenvalue weighted by Gasteiger charge is 2.48. The summed E-state index contributed by atoms with van der Waals surface area (Å²) in [5, 5.41) is 52.8.